The first-order valence-corrected chi connectivity index (χ1v) is 8.89. The fraction of sp³-hybridized carbons (Fsp3) is 0.300. The molecule has 0 saturated heterocycles. The third-order valence-corrected chi connectivity index (χ3v) is 4.58. The second kappa shape index (κ2) is 8.64. The Balaban J connectivity index is 1.76. The van der Waals surface area contributed by atoms with E-state index in [4.69, 9.17) is 16.3 Å². The first-order valence-electron chi connectivity index (χ1n) is 8.51. The highest BCUT2D eigenvalue weighted by Gasteiger charge is 2.10. The van der Waals surface area contributed by atoms with Crippen molar-refractivity contribution < 1.29 is 14.2 Å². The van der Waals surface area contributed by atoms with Gasteiger partial charge in [0.05, 0.1) is 18.7 Å². The van der Waals surface area contributed by atoms with Gasteiger partial charge in [-0.1, -0.05) is 23.7 Å². The zero-order valence-electron chi connectivity index (χ0n) is 14.6. The second-order valence-electron chi connectivity index (χ2n) is 6.21. The fourth-order valence-electron chi connectivity index (χ4n) is 2.90. The first-order chi connectivity index (χ1) is 12.6. The number of aliphatic hydroxyl groups excluding tert-OH is 1. The molecule has 1 atom stereocenters. The number of aromatic nitrogens is 1. The molecule has 1 unspecified atom stereocenters. The van der Waals surface area contributed by atoms with Crippen LogP contribution in [0, 0.1) is 5.82 Å². The van der Waals surface area contributed by atoms with Gasteiger partial charge in [-0.25, -0.2) is 4.39 Å². The van der Waals surface area contributed by atoms with Gasteiger partial charge in [-0.15, -0.1) is 0 Å². The molecule has 0 aliphatic rings. The molecule has 0 aliphatic heterocycles. The zero-order valence-corrected chi connectivity index (χ0v) is 15.3. The summed E-state index contributed by atoms with van der Waals surface area (Å²) >= 11 is 5.93. The number of aliphatic hydroxyl groups is 1. The van der Waals surface area contributed by atoms with E-state index in [1.807, 2.05) is 41.1 Å². The van der Waals surface area contributed by atoms with E-state index >= 15 is 0 Å². The Kier molecular flexibility index (Phi) is 6.27. The number of hydrogen-bond acceptors (Lipinski definition) is 3. The lowest BCUT2D eigenvalue weighted by Gasteiger charge is -2.11. The number of halogens is 2. The van der Waals surface area contributed by atoms with Crippen molar-refractivity contribution in [2.45, 2.75) is 25.8 Å². The molecule has 0 bridgehead atoms. The summed E-state index contributed by atoms with van der Waals surface area (Å²) < 4.78 is 21.7. The van der Waals surface area contributed by atoms with Crippen molar-refractivity contribution in [2.75, 3.05) is 13.7 Å². The van der Waals surface area contributed by atoms with Crippen LogP contribution in [-0.4, -0.2) is 29.6 Å². The molecule has 0 fully saturated rings. The molecule has 2 N–H and O–H groups in total. The number of hydrogen-bond donors (Lipinski definition) is 2. The molecular weight excluding hydrogens is 355 g/mol. The number of rotatable bonds is 8. The van der Waals surface area contributed by atoms with Crippen LogP contribution in [0.15, 0.2) is 48.7 Å². The van der Waals surface area contributed by atoms with Crippen molar-refractivity contribution in [1.29, 1.82) is 0 Å². The molecule has 0 amide bonds. The number of nitrogens with zero attached hydrogens (tertiary/aromatic N) is 1. The second-order valence-corrected chi connectivity index (χ2v) is 6.65. The van der Waals surface area contributed by atoms with Crippen LogP contribution in [0.25, 0.3) is 10.9 Å². The van der Waals surface area contributed by atoms with Crippen LogP contribution in [0.2, 0.25) is 5.02 Å². The summed E-state index contributed by atoms with van der Waals surface area (Å²) in [6.07, 6.45) is 1.84. The van der Waals surface area contributed by atoms with Gasteiger partial charge in [-0.3, -0.25) is 5.32 Å². The summed E-state index contributed by atoms with van der Waals surface area (Å²) in [7, 11) is 1.68. The summed E-state index contributed by atoms with van der Waals surface area (Å²) in [5.41, 5.74) is 2.72. The van der Waals surface area contributed by atoms with Gasteiger partial charge < -0.3 is 14.4 Å². The molecule has 4 nitrogen and oxygen atoms in total. The zero-order chi connectivity index (χ0) is 18.5. The molecule has 1 aromatic heterocycles. The van der Waals surface area contributed by atoms with Crippen LogP contribution >= 0.6 is 11.6 Å². The molecule has 2 aromatic carbocycles. The van der Waals surface area contributed by atoms with E-state index < -0.39 is 6.23 Å². The molecular formula is C20H22ClFN2O2. The van der Waals surface area contributed by atoms with Crippen LogP contribution in [-0.2, 0) is 17.9 Å². The highest BCUT2D eigenvalue weighted by Crippen LogP contribution is 2.24. The minimum atomic E-state index is -0.594. The van der Waals surface area contributed by atoms with Crippen molar-refractivity contribution in [3.8, 4) is 0 Å². The minimum Gasteiger partial charge on any atom is -0.379 e. The van der Waals surface area contributed by atoms with Gasteiger partial charge in [0.1, 0.15) is 12.0 Å². The minimum absolute atomic E-state index is 0.289. The van der Waals surface area contributed by atoms with Gasteiger partial charge in [0.2, 0.25) is 0 Å². The van der Waals surface area contributed by atoms with Crippen molar-refractivity contribution in [3.05, 3.63) is 70.6 Å². The average molecular weight is 377 g/mol. The Morgan fingerprint density at radius 3 is 2.73 bits per heavy atom. The predicted molar refractivity (Wildman–Crippen MR) is 102 cm³/mol. The lowest BCUT2D eigenvalue weighted by Crippen LogP contribution is -2.25. The van der Waals surface area contributed by atoms with Crippen molar-refractivity contribution >= 4 is 22.5 Å². The molecule has 6 heteroatoms. The average Bonchev–Trinajstić information content (AvgIpc) is 3.03. The van der Waals surface area contributed by atoms with E-state index in [1.165, 1.54) is 6.07 Å². The number of benzene rings is 2. The molecule has 3 aromatic rings. The van der Waals surface area contributed by atoms with Gasteiger partial charge in [-0.2, -0.15) is 0 Å². The summed E-state index contributed by atoms with van der Waals surface area (Å²) in [6.45, 7) is 1.33. The third kappa shape index (κ3) is 4.62. The highest BCUT2D eigenvalue weighted by molar-refractivity contribution is 6.30. The molecule has 1 heterocycles. The quantitative estimate of drug-likeness (QED) is 0.462. The maximum Gasteiger partial charge on any atom is 0.125 e. The Morgan fingerprint density at radius 2 is 2.00 bits per heavy atom. The van der Waals surface area contributed by atoms with Crippen LogP contribution in [0.5, 0.6) is 0 Å². The van der Waals surface area contributed by atoms with Gasteiger partial charge in [-0.05, 0) is 48.5 Å². The van der Waals surface area contributed by atoms with E-state index in [2.05, 4.69) is 5.32 Å². The normalized spacial score (nSPS) is 12.6. The van der Waals surface area contributed by atoms with Crippen molar-refractivity contribution in [1.82, 2.24) is 9.88 Å². The van der Waals surface area contributed by atoms with Gasteiger partial charge >= 0.3 is 0 Å². The Labute approximate surface area is 157 Å². The fourth-order valence-corrected chi connectivity index (χ4v) is 3.02. The summed E-state index contributed by atoms with van der Waals surface area (Å²) in [4.78, 5) is 0. The van der Waals surface area contributed by atoms with Crippen LogP contribution in [0.3, 0.4) is 0 Å². The van der Waals surface area contributed by atoms with E-state index in [0.717, 1.165) is 22.0 Å². The summed E-state index contributed by atoms with van der Waals surface area (Å²) in [6, 6.07) is 12.6. The van der Waals surface area contributed by atoms with E-state index in [0.29, 0.717) is 31.2 Å². The van der Waals surface area contributed by atoms with Crippen molar-refractivity contribution in [3.63, 3.8) is 0 Å². The predicted octanol–water partition coefficient (Wildman–Crippen LogP) is 3.93. The molecule has 3 rings (SSSR count). The van der Waals surface area contributed by atoms with Crippen LogP contribution < -0.4 is 5.32 Å². The van der Waals surface area contributed by atoms with Gasteiger partial charge in [0, 0.05) is 29.6 Å². The first kappa shape index (κ1) is 18.9. The highest BCUT2D eigenvalue weighted by atomic mass is 35.5. The number of ether oxygens (including phenoxy) is 1. The summed E-state index contributed by atoms with van der Waals surface area (Å²) in [5, 5.41) is 13.9. The Bertz CT molecular complexity index is 864. The van der Waals surface area contributed by atoms with E-state index in [1.54, 1.807) is 13.1 Å². The van der Waals surface area contributed by atoms with Crippen molar-refractivity contribution in [2.24, 2.45) is 0 Å². The standard InChI is InChI=1S/C20H22ClFN2O2/c1-23-20(25)7-9-26-13-15-10-17(22)11-19-18(15)6-8-24(19)12-14-2-4-16(21)5-3-14/h2-6,8,10-11,20,23,25H,7,9,12-13H2,1H3. The largest absolute Gasteiger partial charge is 0.379 e. The SMILES string of the molecule is CNC(O)CCOCc1cc(F)cc2c1ccn2Cc1ccc(Cl)cc1. The van der Waals surface area contributed by atoms with Gasteiger partial charge in [0.15, 0.2) is 0 Å². The summed E-state index contributed by atoms with van der Waals surface area (Å²) in [5.74, 6) is -0.289. The molecule has 138 valence electrons. The van der Waals surface area contributed by atoms with Crippen LogP contribution in [0.4, 0.5) is 4.39 Å². The topological polar surface area (TPSA) is 46.4 Å². The maximum absolute atomic E-state index is 14.1. The Morgan fingerprint density at radius 1 is 1.23 bits per heavy atom. The third-order valence-electron chi connectivity index (χ3n) is 4.33. The maximum atomic E-state index is 14.1. The van der Waals surface area contributed by atoms with E-state index in [9.17, 15) is 9.50 Å². The Hall–Kier alpha value is -1.92. The van der Waals surface area contributed by atoms with Crippen LogP contribution in [0.1, 0.15) is 17.5 Å². The molecule has 0 saturated carbocycles. The number of fused-ring (bicyclic) bond motifs is 1. The van der Waals surface area contributed by atoms with Gasteiger partial charge in [0.25, 0.3) is 0 Å². The molecule has 0 radical (unpaired) electrons. The van der Waals surface area contributed by atoms with E-state index in [-0.39, 0.29) is 5.82 Å². The smallest absolute Gasteiger partial charge is 0.125 e. The number of nitrogens with one attached hydrogen (secondary N) is 1. The lowest BCUT2D eigenvalue weighted by atomic mass is 10.1. The monoisotopic (exact) mass is 376 g/mol. The molecule has 0 spiro atoms. The molecule has 0 aliphatic carbocycles. The lowest BCUT2D eigenvalue weighted by molar-refractivity contribution is 0.0629. The molecule has 26 heavy (non-hydrogen) atoms.